The van der Waals surface area contributed by atoms with Crippen LogP contribution in [0.15, 0.2) is 24.3 Å². The van der Waals surface area contributed by atoms with Crippen molar-refractivity contribution >= 4 is 11.7 Å². The van der Waals surface area contributed by atoms with Crippen molar-refractivity contribution in [1.82, 2.24) is 0 Å². The average molecular weight is 279 g/mol. The van der Waals surface area contributed by atoms with Crippen LogP contribution in [0, 0.1) is 17.2 Å². The zero-order chi connectivity index (χ0) is 15.0. The van der Waals surface area contributed by atoms with Crippen LogP contribution in [0.1, 0.15) is 33.6 Å². The maximum absolute atomic E-state index is 13.9. The van der Waals surface area contributed by atoms with E-state index in [2.05, 4.69) is 19.2 Å². The fraction of sp³-hybridized carbons (Fsp3) is 0.562. The lowest BCUT2D eigenvalue weighted by molar-refractivity contribution is -0.147. The van der Waals surface area contributed by atoms with Crippen molar-refractivity contribution in [2.75, 3.05) is 12.4 Å². The van der Waals surface area contributed by atoms with Crippen molar-refractivity contribution < 1.29 is 13.9 Å². The summed E-state index contributed by atoms with van der Waals surface area (Å²) in [6.45, 7) is 6.26. The molecule has 1 aromatic carbocycles. The molecule has 110 valence electrons. The number of ether oxygens (including phenoxy) is 1. The minimum atomic E-state index is -0.861. The summed E-state index contributed by atoms with van der Waals surface area (Å²) >= 11 is 0. The average Bonchev–Trinajstić information content (AvgIpc) is 2.61. The molecule has 0 radical (unpaired) electrons. The number of para-hydroxylation sites is 1. The molecule has 1 N–H and O–H groups in total. The SMILES string of the molecule is COC(=O)C1(Nc2ccccc2F)CC(C)(C)CC1C. The Morgan fingerprint density at radius 2 is 2.05 bits per heavy atom. The first-order chi connectivity index (χ1) is 9.31. The Morgan fingerprint density at radius 1 is 1.40 bits per heavy atom. The molecule has 0 aromatic heterocycles. The molecule has 0 spiro atoms. The van der Waals surface area contributed by atoms with Gasteiger partial charge in [0.05, 0.1) is 12.8 Å². The zero-order valence-electron chi connectivity index (χ0n) is 12.5. The van der Waals surface area contributed by atoms with E-state index in [0.717, 1.165) is 6.42 Å². The molecule has 1 aromatic rings. The van der Waals surface area contributed by atoms with E-state index in [-0.39, 0.29) is 23.1 Å². The molecule has 1 saturated carbocycles. The molecule has 2 unspecified atom stereocenters. The summed E-state index contributed by atoms with van der Waals surface area (Å²) in [5, 5.41) is 3.13. The Morgan fingerprint density at radius 3 is 2.55 bits per heavy atom. The number of nitrogens with one attached hydrogen (secondary N) is 1. The second-order valence-electron chi connectivity index (χ2n) is 6.51. The van der Waals surface area contributed by atoms with Gasteiger partial charge in [0.2, 0.25) is 0 Å². The summed E-state index contributed by atoms with van der Waals surface area (Å²) < 4.78 is 18.9. The highest BCUT2D eigenvalue weighted by atomic mass is 19.1. The van der Waals surface area contributed by atoms with E-state index in [1.165, 1.54) is 13.2 Å². The third kappa shape index (κ3) is 2.51. The number of hydrogen-bond donors (Lipinski definition) is 1. The van der Waals surface area contributed by atoms with Crippen molar-refractivity contribution in [2.45, 2.75) is 39.2 Å². The van der Waals surface area contributed by atoms with Gasteiger partial charge in [-0.1, -0.05) is 32.9 Å². The number of esters is 1. The summed E-state index contributed by atoms with van der Waals surface area (Å²) in [5.74, 6) is -0.601. The maximum atomic E-state index is 13.9. The molecule has 1 aliphatic rings. The molecule has 0 heterocycles. The lowest BCUT2D eigenvalue weighted by Gasteiger charge is -2.33. The highest BCUT2D eigenvalue weighted by Crippen LogP contribution is 2.49. The molecule has 1 aliphatic carbocycles. The molecule has 0 aliphatic heterocycles. The van der Waals surface area contributed by atoms with Gasteiger partial charge in [0.15, 0.2) is 0 Å². The topological polar surface area (TPSA) is 38.3 Å². The van der Waals surface area contributed by atoms with Crippen molar-refractivity contribution in [1.29, 1.82) is 0 Å². The van der Waals surface area contributed by atoms with Crippen molar-refractivity contribution in [3.05, 3.63) is 30.1 Å². The molecule has 2 rings (SSSR count). The molecule has 0 amide bonds. The highest BCUT2D eigenvalue weighted by molar-refractivity contribution is 5.85. The second kappa shape index (κ2) is 5.08. The molecule has 20 heavy (non-hydrogen) atoms. The number of hydrogen-bond acceptors (Lipinski definition) is 3. The second-order valence-corrected chi connectivity index (χ2v) is 6.51. The van der Waals surface area contributed by atoms with Crippen LogP contribution in [0.3, 0.4) is 0 Å². The van der Waals surface area contributed by atoms with Crippen LogP contribution in [-0.2, 0) is 9.53 Å². The summed E-state index contributed by atoms with van der Waals surface area (Å²) in [6.07, 6.45) is 1.52. The molecule has 1 fully saturated rings. The molecule has 4 heteroatoms. The Labute approximate surface area is 119 Å². The van der Waals surface area contributed by atoms with Crippen molar-refractivity contribution in [3.63, 3.8) is 0 Å². The van der Waals surface area contributed by atoms with E-state index in [1.54, 1.807) is 18.2 Å². The Hall–Kier alpha value is -1.58. The predicted octanol–water partition coefficient (Wildman–Crippen LogP) is 3.61. The van der Waals surface area contributed by atoms with Gasteiger partial charge in [-0.2, -0.15) is 0 Å². The van der Waals surface area contributed by atoms with Crippen LogP contribution in [0.4, 0.5) is 10.1 Å². The Kier molecular flexibility index (Phi) is 3.76. The Balaban J connectivity index is 2.40. The number of methoxy groups -OCH3 is 1. The maximum Gasteiger partial charge on any atom is 0.331 e. The lowest BCUT2D eigenvalue weighted by atomic mass is 9.86. The highest BCUT2D eigenvalue weighted by Gasteiger charge is 2.54. The van der Waals surface area contributed by atoms with Crippen molar-refractivity contribution in [2.24, 2.45) is 11.3 Å². The molecular weight excluding hydrogens is 257 g/mol. The first kappa shape index (κ1) is 14.8. The van der Waals surface area contributed by atoms with Gasteiger partial charge in [-0.3, -0.25) is 0 Å². The summed E-state index contributed by atoms with van der Waals surface area (Å²) in [4.78, 5) is 12.3. The fourth-order valence-corrected chi connectivity index (χ4v) is 3.48. The van der Waals surface area contributed by atoms with Crippen LogP contribution in [0.5, 0.6) is 0 Å². The van der Waals surface area contributed by atoms with E-state index >= 15 is 0 Å². The summed E-state index contributed by atoms with van der Waals surface area (Å²) in [5.41, 5.74) is -0.491. The van der Waals surface area contributed by atoms with Crippen LogP contribution in [-0.4, -0.2) is 18.6 Å². The Bertz CT molecular complexity index is 515. The number of anilines is 1. The van der Waals surface area contributed by atoms with E-state index in [0.29, 0.717) is 12.1 Å². The van der Waals surface area contributed by atoms with E-state index in [9.17, 15) is 9.18 Å². The minimum absolute atomic E-state index is 0.0197. The monoisotopic (exact) mass is 279 g/mol. The number of carbonyl (C=O) groups excluding carboxylic acids is 1. The third-order valence-corrected chi connectivity index (χ3v) is 4.24. The van der Waals surface area contributed by atoms with Gasteiger partial charge in [-0.15, -0.1) is 0 Å². The summed E-state index contributed by atoms with van der Waals surface area (Å²) in [6, 6.07) is 6.42. The largest absolute Gasteiger partial charge is 0.467 e. The van der Waals surface area contributed by atoms with Crippen LogP contribution < -0.4 is 5.32 Å². The van der Waals surface area contributed by atoms with Crippen LogP contribution >= 0.6 is 0 Å². The van der Waals surface area contributed by atoms with Gasteiger partial charge in [0, 0.05) is 0 Å². The van der Waals surface area contributed by atoms with Crippen molar-refractivity contribution in [3.8, 4) is 0 Å². The number of benzene rings is 1. The molecule has 3 nitrogen and oxygen atoms in total. The molecular formula is C16H22FNO2. The molecule has 0 saturated heterocycles. The summed E-state index contributed by atoms with van der Waals surface area (Å²) in [7, 11) is 1.38. The smallest absolute Gasteiger partial charge is 0.331 e. The fourth-order valence-electron chi connectivity index (χ4n) is 3.48. The first-order valence-electron chi connectivity index (χ1n) is 6.92. The van der Waals surface area contributed by atoms with Gasteiger partial charge < -0.3 is 10.1 Å². The van der Waals surface area contributed by atoms with Crippen LogP contribution in [0.2, 0.25) is 0 Å². The van der Waals surface area contributed by atoms with E-state index < -0.39 is 5.54 Å². The zero-order valence-corrected chi connectivity index (χ0v) is 12.5. The van der Waals surface area contributed by atoms with Gasteiger partial charge in [-0.05, 0) is 36.3 Å². The van der Waals surface area contributed by atoms with Gasteiger partial charge in [-0.25, -0.2) is 9.18 Å². The third-order valence-electron chi connectivity index (χ3n) is 4.24. The van der Waals surface area contributed by atoms with Crippen LogP contribution in [0.25, 0.3) is 0 Å². The predicted molar refractivity (Wildman–Crippen MR) is 76.9 cm³/mol. The standard InChI is InChI=1S/C16H22FNO2/c1-11-9-15(2,3)10-16(11,14(19)20-4)18-13-8-6-5-7-12(13)17/h5-8,11,18H,9-10H2,1-4H3. The first-order valence-corrected chi connectivity index (χ1v) is 6.92. The van der Waals surface area contributed by atoms with Gasteiger partial charge >= 0.3 is 5.97 Å². The quantitative estimate of drug-likeness (QED) is 0.859. The number of rotatable bonds is 3. The van der Waals surface area contributed by atoms with E-state index in [1.807, 2.05) is 6.92 Å². The molecule has 2 atom stereocenters. The van der Waals surface area contributed by atoms with E-state index in [4.69, 9.17) is 4.74 Å². The molecule has 0 bridgehead atoms. The van der Waals surface area contributed by atoms with Gasteiger partial charge in [0.1, 0.15) is 11.4 Å². The minimum Gasteiger partial charge on any atom is -0.467 e. The lowest BCUT2D eigenvalue weighted by Crippen LogP contribution is -2.50. The number of carbonyl (C=O) groups is 1. The van der Waals surface area contributed by atoms with Gasteiger partial charge in [0.25, 0.3) is 0 Å². The number of halogens is 1. The normalized spacial score (nSPS) is 28.1.